The molecule has 176 valence electrons. The molecule has 0 aliphatic carbocycles. The van der Waals surface area contributed by atoms with Crippen molar-refractivity contribution in [2.45, 2.75) is 65.5 Å². The van der Waals surface area contributed by atoms with E-state index in [0.29, 0.717) is 30.5 Å². The Balaban J connectivity index is 1.40. The number of nitrogens with one attached hydrogen (secondary N) is 1. The van der Waals surface area contributed by atoms with Gasteiger partial charge in [-0.15, -0.1) is 0 Å². The van der Waals surface area contributed by atoms with Crippen molar-refractivity contribution in [1.82, 2.24) is 25.1 Å². The number of carbonyl (C=O) groups excluding carboxylic acids is 1. The summed E-state index contributed by atoms with van der Waals surface area (Å²) in [6, 6.07) is 2.19. The maximum Gasteiger partial charge on any atom is 0.318 e. The van der Waals surface area contributed by atoms with Gasteiger partial charge in [0.15, 0.2) is 0 Å². The van der Waals surface area contributed by atoms with Gasteiger partial charge in [0.2, 0.25) is 5.95 Å². The van der Waals surface area contributed by atoms with E-state index in [9.17, 15) is 4.79 Å². The van der Waals surface area contributed by atoms with E-state index in [1.807, 2.05) is 11.0 Å². The normalized spacial score (nSPS) is 22.8. The van der Waals surface area contributed by atoms with Gasteiger partial charge in [0, 0.05) is 31.7 Å². The van der Waals surface area contributed by atoms with Crippen molar-refractivity contribution in [2.75, 3.05) is 44.2 Å². The fraction of sp³-hybridized carbons (Fsp3) is 0.750. The van der Waals surface area contributed by atoms with Gasteiger partial charge in [-0.2, -0.15) is 5.26 Å². The average molecular weight is 442 g/mol. The van der Waals surface area contributed by atoms with Crippen LogP contribution in [-0.4, -0.2) is 77.2 Å². The fourth-order valence-electron chi connectivity index (χ4n) is 4.84. The van der Waals surface area contributed by atoms with Gasteiger partial charge in [-0.1, -0.05) is 13.8 Å². The molecule has 0 unspecified atom stereocenters. The molecular formula is C24H39N7O. The summed E-state index contributed by atoms with van der Waals surface area (Å²) < 4.78 is 0. The monoisotopic (exact) mass is 441 g/mol. The van der Waals surface area contributed by atoms with Crippen molar-refractivity contribution in [2.24, 2.45) is 11.8 Å². The number of hydrogen-bond donors (Lipinski definition) is 1. The first-order valence-corrected chi connectivity index (χ1v) is 12.1. The predicted octanol–water partition coefficient (Wildman–Crippen LogP) is 3.11. The molecule has 8 heteroatoms. The van der Waals surface area contributed by atoms with E-state index in [2.05, 4.69) is 52.8 Å². The highest BCUT2D eigenvalue weighted by atomic mass is 16.2. The highest BCUT2D eigenvalue weighted by Crippen LogP contribution is 2.22. The van der Waals surface area contributed by atoms with Crippen molar-refractivity contribution in [1.29, 1.82) is 5.26 Å². The van der Waals surface area contributed by atoms with E-state index in [1.54, 1.807) is 12.4 Å². The Kier molecular flexibility index (Phi) is 8.68. The van der Waals surface area contributed by atoms with E-state index >= 15 is 0 Å². The number of urea groups is 1. The Morgan fingerprint density at radius 3 is 2.38 bits per heavy atom. The summed E-state index contributed by atoms with van der Waals surface area (Å²) in [5.41, 5.74) is 0.453. The first-order valence-electron chi connectivity index (χ1n) is 12.1. The van der Waals surface area contributed by atoms with Gasteiger partial charge < -0.3 is 20.0 Å². The number of amides is 2. The number of piperazine rings is 1. The first-order chi connectivity index (χ1) is 15.4. The summed E-state index contributed by atoms with van der Waals surface area (Å²) in [6.45, 7) is 14.4. The maximum absolute atomic E-state index is 12.9. The first kappa shape index (κ1) is 24.2. The van der Waals surface area contributed by atoms with Crippen LogP contribution in [0.2, 0.25) is 0 Å². The molecule has 2 aliphatic heterocycles. The van der Waals surface area contributed by atoms with Gasteiger partial charge >= 0.3 is 6.03 Å². The molecule has 2 atom stereocenters. The molecule has 2 saturated heterocycles. The molecule has 3 rings (SSSR count). The lowest BCUT2D eigenvalue weighted by Crippen LogP contribution is -2.61. The third-order valence-electron chi connectivity index (χ3n) is 6.76. The molecule has 0 bridgehead atoms. The zero-order chi connectivity index (χ0) is 23.1. The Bertz CT molecular complexity index is 756. The Hall–Kier alpha value is -2.40. The van der Waals surface area contributed by atoms with Crippen LogP contribution >= 0.6 is 0 Å². The van der Waals surface area contributed by atoms with Crippen molar-refractivity contribution in [3.63, 3.8) is 0 Å². The van der Waals surface area contributed by atoms with Gasteiger partial charge in [-0.3, -0.25) is 0 Å². The molecule has 0 aromatic carbocycles. The van der Waals surface area contributed by atoms with Gasteiger partial charge in [0.1, 0.15) is 6.07 Å². The van der Waals surface area contributed by atoms with E-state index in [-0.39, 0.29) is 18.1 Å². The van der Waals surface area contributed by atoms with Gasteiger partial charge in [0.05, 0.1) is 18.0 Å². The predicted molar refractivity (Wildman–Crippen MR) is 126 cm³/mol. The van der Waals surface area contributed by atoms with Crippen LogP contribution in [0, 0.1) is 23.2 Å². The Morgan fingerprint density at radius 1 is 1.19 bits per heavy atom. The van der Waals surface area contributed by atoms with Crippen molar-refractivity contribution in [3.8, 4) is 6.07 Å². The van der Waals surface area contributed by atoms with Crippen LogP contribution in [0.25, 0.3) is 0 Å². The highest BCUT2D eigenvalue weighted by Gasteiger charge is 2.34. The molecule has 3 heterocycles. The number of piperidine rings is 1. The number of hydrogen-bond acceptors (Lipinski definition) is 6. The maximum atomic E-state index is 12.9. The number of nitriles is 1. The second kappa shape index (κ2) is 11.5. The minimum atomic E-state index is 0.0276. The third-order valence-corrected chi connectivity index (χ3v) is 6.76. The number of nitrogens with zero attached hydrogens (tertiary/aromatic N) is 6. The van der Waals surface area contributed by atoms with Crippen LogP contribution in [0.15, 0.2) is 12.4 Å². The number of rotatable bonds is 7. The molecule has 1 N–H and O–H groups in total. The Labute approximate surface area is 193 Å². The summed E-state index contributed by atoms with van der Waals surface area (Å²) in [6.07, 6.45) is 7.92. The largest absolute Gasteiger partial charge is 0.338 e. The number of anilines is 1. The lowest BCUT2D eigenvalue weighted by atomic mass is 9.93. The summed E-state index contributed by atoms with van der Waals surface area (Å²) in [7, 11) is 0. The summed E-state index contributed by atoms with van der Waals surface area (Å²) in [5, 5.41) is 12.1. The van der Waals surface area contributed by atoms with E-state index in [0.717, 1.165) is 18.9 Å². The SMILES string of the molecule is CC(C)CCN1CCC(CCNC(=O)N2[C@H](C)CN(c3ncc(C#N)cn3)C[C@@H]2C)CC1. The number of carbonyl (C=O) groups is 1. The molecule has 2 amide bonds. The lowest BCUT2D eigenvalue weighted by molar-refractivity contribution is 0.139. The highest BCUT2D eigenvalue weighted by molar-refractivity contribution is 5.75. The molecule has 0 saturated carbocycles. The van der Waals surface area contributed by atoms with Crippen LogP contribution in [0.1, 0.15) is 58.9 Å². The second-order valence-corrected chi connectivity index (χ2v) is 9.88. The van der Waals surface area contributed by atoms with Gasteiger partial charge in [0.25, 0.3) is 0 Å². The molecule has 2 aliphatic rings. The minimum absolute atomic E-state index is 0.0276. The smallest absolute Gasteiger partial charge is 0.318 e. The van der Waals surface area contributed by atoms with E-state index in [4.69, 9.17) is 5.26 Å². The van der Waals surface area contributed by atoms with Gasteiger partial charge in [-0.05, 0) is 71.0 Å². The summed E-state index contributed by atoms with van der Waals surface area (Å²) in [4.78, 5) is 28.2. The molecule has 0 radical (unpaired) electrons. The fourth-order valence-corrected chi connectivity index (χ4v) is 4.84. The van der Waals surface area contributed by atoms with Crippen molar-refractivity contribution >= 4 is 12.0 Å². The van der Waals surface area contributed by atoms with Crippen LogP contribution in [0.3, 0.4) is 0 Å². The molecular weight excluding hydrogens is 402 g/mol. The quantitative estimate of drug-likeness (QED) is 0.699. The van der Waals surface area contributed by atoms with Crippen molar-refractivity contribution < 1.29 is 4.79 Å². The van der Waals surface area contributed by atoms with Crippen LogP contribution in [-0.2, 0) is 0 Å². The molecule has 8 nitrogen and oxygen atoms in total. The molecule has 0 spiro atoms. The topological polar surface area (TPSA) is 88.4 Å². The summed E-state index contributed by atoms with van der Waals surface area (Å²) in [5.74, 6) is 2.10. The lowest BCUT2D eigenvalue weighted by Gasteiger charge is -2.44. The van der Waals surface area contributed by atoms with Gasteiger partial charge in [-0.25, -0.2) is 14.8 Å². The standard InChI is InChI=1S/C24H39N7O/c1-18(2)6-10-29-11-7-21(8-12-29)5-9-26-24(32)31-19(3)16-30(17-20(31)4)23-27-14-22(13-25)15-28-23/h14-15,18-21H,5-12,16-17H2,1-4H3,(H,26,32)/t19-,20+. The molecule has 1 aromatic heterocycles. The number of likely N-dealkylation sites (tertiary alicyclic amines) is 1. The zero-order valence-electron chi connectivity index (χ0n) is 20.1. The van der Waals surface area contributed by atoms with E-state index in [1.165, 1.54) is 38.9 Å². The van der Waals surface area contributed by atoms with Crippen molar-refractivity contribution in [3.05, 3.63) is 18.0 Å². The van der Waals surface area contributed by atoms with Crippen LogP contribution < -0.4 is 10.2 Å². The third kappa shape index (κ3) is 6.55. The molecule has 1 aromatic rings. The molecule has 32 heavy (non-hydrogen) atoms. The average Bonchev–Trinajstić information content (AvgIpc) is 2.78. The molecule has 2 fully saturated rings. The Morgan fingerprint density at radius 2 is 1.81 bits per heavy atom. The minimum Gasteiger partial charge on any atom is -0.338 e. The second-order valence-electron chi connectivity index (χ2n) is 9.88. The summed E-state index contributed by atoms with van der Waals surface area (Å²) >= 11 is 0. The number of aromatic nitrogens is 2. The zero-order valence-corrected chi connectivity index (χ0v) is 20.1. The van der Waals surface area contributed by atoms with Crippen LogP contribution in [0.5, 0.6) is 0 Å². The van der Waals surface area contributed by atoms with Crippen LogP contribution in [0.4, 0.5) is 10.7 Å². The van der Waals surface area contributed by atoms with E-state index < -0.39 is 0 Å².